The van der Waals surface area contributed by atoms with Crippen molar-refractivity contribution in [1.29, 1.82) is 0 Å². The standard InChI is InChI=1S/C26H31N7O3S/c1-26(2,34)25-28-13-22(37-25)19-14-33-7-6-27-24(33)23(30-19)29-17-4-5-20(21(12-17)35-3)32-10-8-31(9-11-32)18-15-36-16-18/h4-7,12-14,18,34H,8-11,15-16H2,1-3H3,(H,29,30). The average Bonchev–Trinajstić information content (AvgIpc) is 3.53. The van der Waals surface area contributed by atoms with Crippen LogP contribution in [0.1, 0.15) is 18.9 Å². The van der Waals surface area contributed by atoms with E-state index in [4.69, 9.17) is 14.5 Å². The highest BCUT2D eigenvalue weighted by Gasteiger charge is 2.29. The van der Waals surface area contributed by atoms with Gasteiger partial charge < -0.3 is 29.2 Å². The molecule has 4 aromatic rings. The molecule has 6 rings (SSSR count). The first kappa shape index (κ1) is 24.1. The Balaban J connectivity index is 1.25. The number of aliphatic hydroxyl groups is 1. The zero-order valence-corrected chi connectivity index (χ0v) is 22.0. The Kier molecular flexibility index (Phi) is 6.23. The first-order valence-electron chi connectivity index (χ1n) is 12.4. The summed E-state index contributed by atoms with van der Waals surface area (Å²) in [4.78, 5) is 19.5. The molecule has 0 unspecified atom stereocenters. The molecule has 2 saturated heterocycles. The van der Waals surface area contributed by atoms with Crippen molar-refractivity contribution in [2.45, 2.75) is 25.5 Å². The molecule has 0 bridgehead atoms. The second-order valence-electron chi connectivity index (χ2n) is 9.95. The molecule has 2 N–H and O–H groups in total. The Morgan fingerprint density at radius 3 is 2.65 bits per heavy atom. The predicted octanol–water partition coefficient (Wildman–Crippen LogP) is 3.35. The highest BCUT2D eigenvalue weighted by atomic mass is 32.1. The number of piperazine rings is 1. The second-order valence-corrected chi connectivity index (χ2v) is 11.0. The largest absolute Gasteiger partial charge is 0.495 e. The summed E-state index contributed by atoms with van der Waals surface area (Å²) in [6.45, 7) is 9.14. The molecule has 0 saturated carbocycles. The molecule has 11 heteroatoms. The highest BCUT2D eigenvalue weighted by Crippen LogP contribution is 2.35. The van der Waals surface area contributed by atoms with Gasteiger partial charge in [0.25, 0.3) is 0 Å². The monoisotopic (exact) mass is 521 g/mol. The Hall–Kier alpha value is -3.25. The number of ether oxygens (including phenoxy) is 2. The van der Waals surface area contributed by atoms with E-state index >= 15 is 0 Å². The number of thiazole rings is 1. The molecule has 0 atom stereocenters. The second kappa shape index (κ2) is 9.56. The molecular formula is C26H31N7O3S. The Labute approximate surface area is 219 Å². The van der Waals surface area contributed by atoms with Gasteiger partial charge >= 0.3 is 0 Å². The molecule has 5 heterocycles. The number of methoxy groups -OCH3 is 1. The number of imidazole rings is 1. The fourth-order valence-corrected chi connectivity index (χ4v) is 5.60. The topological polar surface area (TPSA) is 100 Å². The van der Waals surface area contributed by atoms with E-state index in [9.17, 15) is 5.11 Å². The summed E-state index contributed by atoms with van der Waals surface area (Å²) < 4.78 is 13.1. The zero-order chi connectivity index (χ0) is 25.6. The lowest BCUT2D eigenvalue weighted by atomic mass is 10.1. The highest BCUT2D eigenvalue weighted by molar-refractivity contribution is 7.15. The van der Waals surface area contributed by atoms with Crippen LogP contribution in [0.15, 0.2) is 43.0 Å². The number of nitrogens with zero attached hydrogens (tertiary/aromatic N) is 6. The Morgan fingerprint density at radius 1 is 1.16 bits per heavy atom. The van der Waals surface area contributed by atoms with Gasteiger partial charge in [0.05, 0.1) is 36.9 Å². The van der Waals surface area contributed by atoms with E-state index < -0.39 is 5.60 Å². The van der Waals surface area contributed by atoms with Crippen LogP contribution in [-0.4, -0.2) is 81.9 Å². The maximum atomic E-state index is 10.3. The third-order valence-corrected chi connectivity index (χ3v) is 8.22. The molecule has 2 aliphatic heterocycles. The van der Waals surface area contributed by atoms with Crippen LogP contribution in [-0.2, 0) is 10.3 Å². The lowest BCUT2D eigenvalue weighted by Crippen LogP contribution is -2.56. The van der Waals surface area contributed by atoms with Crippen molar-refractivity contribution in [1.82, 2.24) is 24.3 Å². The quantitative estimate of drug-likeness (QED) is 0.379. The van der Waals surface area contributed by atoms with Crippen molar-refractivity contribution < 1.29 is 14.6 Å². The van der Waals surface area contributed by atoms with Gasteiger partial charge in [-0.3, -0.25) is 4.90 Å². The number of rotatable bonds is 7. The van der Waals surface area contributed by atoms with E-state index in [1.807, 2.05) is 22.9 Å². The van der Waals surface area contributed by atoms with Gasteiger partial charge in [0, 0.05) is 62.7 Å². The van der Waals surface area contributed by atoms with E-state index in [-0.39, 0.29) is 0 Å². The van der Waals surface area contributed by atoms with Crippen LogP contribution in [0.5, 0.6) is 5.75 Å². The lowest BCUT2D eigenvalue weighted by molar-refractivity contribution is -0.0660. The number of nitrogens with one attached hydrogen (secondary N) is 1. The van der Waals surface area contributed by atoms with Crippen molar-refractivity contribution in [3.63, 3.8) is 0 Å². The number of benzene rings is 1. The number of fused-ring (bicyclic) bond motifs is 1. The Morgan fingerprint density at radius 2 is 1.97 bits per heavy atom. The molecule has 0 spiro atoms. The number of hydrogen-bond acceptors (Lipinski definition) is 10. The lowest BCUT2D eigenvalue weighted by Gasteiger charge is -2.43. The SMILES string of the molecule is COc1cc(Nc2nc(-c3cnc(C(C)(C)O)s3)cn3ccnc23)ccc1N1CCN(C2COC2)CC1. The summed E-state index contributed by atoms with van der Waals surface area (Å²) in [6, 6.07) is 6.74. The van der Waals surface area contributed by atoms with Crippen LogP contribution in [0.2, 0.25) is 0 Å². The third kappa shape index (κ3) is 4.75. The summed E-state index contributed by atoms with van der Waals surface area (Å²) in [5, 5.41) is 14.4. The molecule has 194 valence electrons. The van der Waals surface area contributed by atoms with Crippen LogP contribution < -0.4 is 15.0 Å². The molecule has 10 nitrogen and oxygen atoms in total. The molecule has 0 amide bonds. The first-order valence-corrected chi connectivity index (χ1v) is 13.3. The minimum Gasteiger partial charge on any atom is -0.495 e. The van der Waals surface area contributed by atoms with E-state index in [2.05, 4.69) is 37.2 Å². The molecule has 37 heavy (non-hydrogen) atoms. The minimum absolute atomic E-state index is 0.574. The van der Waals surface area contributed by atoms with Gasteiger partial charge in [0.2, 0.25) is 0 Å². The van der Waals surface area contributed by atoms with E-state index in [1.165, 1.54) is 11.3 Å². The normalized spacial score (nSPS) is 17.2. The van der Waals surface area contributed by atoms with Crippen molar-refractivity contribution in [3.8, 4) is 16.3 Å². The predicted molar refractivity (Wildman–Crippen MR) is 144 cm³/mol. The van der Waals surface area contributed by atoms with Crippen LogP contribution >= 0.6 is 11.3 Å². The summed E-state index contributed by atoms with van der Waals surface area (Å²) in [6.07, 6.45) is 7.32. The van der Waals surface area contributed by atoms with Crippen LogP contribution in [0, 0.1) is 0 Å². The molecule has 2 aliphatic rings. The smallest absolute Gasteiger partial charge is 0.180 e. The molecule has 0 radical (unpaired) electrons. The van der Waals surface area contributed by atoms with Crippen LogP contribution in [0.25, 0.3) is 16.2 Å². The van der Waals surface area contributed by atoms with Crippen molar-refractivity contribution in [3.05, 3.63) is 48.0 Å². The fourth-order valence-electron chi connectivity index (χ4n) is 4.73. The maximum Gasteiger partial charge on any atom is 0.180 e. The van der Waals surface area contributed by atoms with Crippen LogP contribution in [0.3, 0.4) is 0 Å². The first-order chi connectivity index (χ1) is 17.9. The summed E-state index contributed by atoms with van der Waals surface area (Å²) in [5.41, 5.74) is 2.42. The van der Waals surface area contributed by atoms with Gasteiger partial charge in [-0.05, 0) is 26.0 Å². The summed E-state index contributed by atoms with van der Waals surface area (Å²) in [5.74, 6) is 1.45. The summed E-state index contributed by atoms with van der Waals surface area (Å²) >= 11 is 1.43. The van der Waals surface area contributed by atoms with Crippen molar-refractivity contribution in [2.75, 3.05) is 56.7 Å². The molecule has 1 aromatic carbocycles. The van der Waals surface area contributed by atoms with Gasteiger partial charge in [-0.1, -0.05) is 0 Å². The molecule has 2 fully saturated rings. The van der Waals surface area contributed by atoms with Gasteiger partial charge in [0.15, 0.2) is 11.5 Å². The average molecular weight is 522 g/mol. The number of aromatic nitrogens is 4. The zero-order valence-electron chi connectivity index (χ0n) is 21.2. The van der Waals surface area contributed by atoms with Crippen LogP contribution in [0.4, 0.5) is 17.2 Å². The van der Waals surface area contributed by atoms with Crippen molar-refractivity contribution >= 4 is 34.2 Å². The van der Waals surface area contributed by atoms with Gasteiger partial charge in [-0.2, -0.15) is 0 Å². The van der Waals surface area contributed by atoms with Gasteiger partial charge in [0.1, 0.15) is 22.1 Å². The Bertz CT molecular complexity index is 1400. The minimum atomic E-state index is -1.00. The third-order valence-electron chi connectivity index (χ3n) is 6.89. The summed E-state index contributed by atoms with van der Waals surface area (Å²) in [7, 11) is 1.71. The van der Waals surface area contributed by atoms with E-state index in [1.54, 1.807) is 33.4 Å². The fraction of sp³-hybridized carbons (Fsp3) is 0.423. The van der Waals surface area contributed by atoms with Crippen molar-refractivity contribution in [2.24, 2.45) is 0 Å². The molecule has 3 aromatic heterocycles. The van der Waals surface area contributed by atoms with Gasteiger partial charge in [-0.25, -0.2) is 15.0 Å². The van der Waals surface area contributed by atoms with Gasteiger partial charge in [-0.15, -0.1) is 11.3 Å². The number of anilines is 3. The molecular weight excluding hydrogens is 490 g/mol. The number of hydrogen-bond donors (Lipinski definition) is 2. The maximum absolute atomic E-state index is 10.3. The van der Waals surface area contributed by atoms with E-state index in [0.29, 0.717) is 16.9 Å². The van der Waals surface area contributed by atoms with E-state index in [0.717, 1.165) is 72.7 Å². The molecule has 0 aliphatic carbocycles.